The summed E-state index contributed by atoms with van der Waals surface area (Å²) in [6.45, 7) is 6.20. The second-order valence-corrected chi connectivity index (χ2v) is 11.7. The number of ether oxygens (including phenoxy) is 1. The number of rotatable bonds is 1. The molecule has 0 N–H and O–H groups in total. The number of pyridine rings is 1. The molecule has 0 atom stereocenters. The number of hydrogen-bond acceptors (Lipinski definition) is 3. The van der Waals surface area contributed by atoms with Crippen molar-refractivity contribution >= 4 is 28.0 Å². The molecule has 1 aromatic heterocycles. The van der Waals surface area contributed by atoms with Gasteiger partial charge in [0.05, 0.1) is 22.3 Å². The molecule has 0 aliphatic carbocycles. The molecular weight excluding hydrogens is 516 g/mol. The third-order valence-electron chi connectivity index (χ3n) is 9.01. The maximum Gasteiger partial charge on any atom is 0.192 e. The Morgan fingerprint density at radius 1 is 0.643 bits per heavy atom. The normalized spacial score (nSPS) is 14.1. The Balaban J connectivity index is 1.52. The van der Waals surface area contributed by atoms with Crippen LogP contribution in [0.4, 0.5) is 17.1 Å². The Hall–Kier alpha value is -5.09. The molecule has 0 amide bonds. The van der Waals surface area contributed by atoms with Crippen LogP contribution in [0.15, 0.2) is 114 Å². The second kappa shape index (κ2) is 8.70. The molecule has 5 aromatic carbocycles. The molecule has 0 radical (unpaired) electrons. The van der Waals surface area contributed by atoms with Gasteiger partial charge in [-0.15, -0.1) is 0 Å². The molecule has 0 saturated carbocycles. The van der Waals surface area contributed by atoms with Gasteiger partial charge in [-0.1, -0.05) is 71.8 Å². The molecule has 0 saturated heterocycles. The lowest BCUT2D eigenvalue weighted by Gasteiger charge is -2.48. The molecule has 2 aliphatic rings. The van der Waals surface area contributed by atoms with E-state index in [4.69, 9.17) is 4.74 Å². The van der Waals surface area contributed by atoms with Crippen molar-refractivity contribution in [2.45, 2.75) is 26.2 Å². The molecule has 6 aromatic rings. The first-order valence-corrected chi connectivity index (χ1v) is 14.4. The first-order chi connectivity index (χ1) is 20.4. The predicted octanol–water partition coefficient (Wildman–Crippen LogP) is 8.74. The van der Waals surface area contributed by atoms with Crippen molar-refractivity contribution < 1.29 is 4.74 Å². The molecule has 0 bridgehead atoms. The van der Waals surface area contributed by atoms with Gasteiger partial charge in [-0.25, -0.2) is 0 Å². The third kappa shape index (κ3) is 3.21. The fourth-order valence-electron chi connectivity index (χ4n) is 7.19. The van der Waals surface area contributed by atoms with Crippen LogP contribution in [0.1, 0.15) is 38.9 Å². The summed E-state index contributed by atoms with van der Waals surface area (Å²) in [5, 5.41) is 0.732. The lowest BCUT2D eigenvalue weighted by atomic mass is 9.61. The zero-order valence-corrected chi connectivity index (χ0v) is 24.1. The third-order valence-corrected chi connectivity index (χ3v) is 9.01. The molecule has 4 nitrogen and oxygen atoms in total. The summed E-state index contributed by atoms with van der Waals surface area (Å²) in [5.41, 5.74) is 11.5. The second-order valence-electron chi connectivity index (χ2n) is 11.7. The van der Waals surface area contributed by atoms with Crippen LogP contribution < -0.4 is 15.1 Å². The monoisotopic (exact) mass is 546 g/mol. The van der Waals surface area contributed by atoms with Crippen LogP contribution >= 0.6 is 0 Å². The average Bonchev–Trinajstić information content (AvgIpc) is 3.00. The summed E-state index contributed by atoms with van der Waals surface area (Å²) in [7, 11) is 2.01. The summed E-state index contributed by atoms with van der Waals surface area (Å²) in [6.07, 6.45) is 1.92. The van der Waals surface area contributed by atoms with E-state index in [0.29, 0.717) is 0 Å². The van der Waals surface area contributed by atoms with Gasteiger partial charge in [0, 0.05) is 41.0 Å². The molecule has 4 heteroatoms. The largest absolute Gasteiger partial charge is 0.457 e. The molecule has 204 valence electrons. The molecule has 3 heterocycles. The molecule has 42 heavy (non-hydrogen) atoms. The minimum absolute atomic E-state index is 0.0784. The standard InChI is InChI=1S/C38H30N2O2/c1-23-13-17-32-30(19-23)38(28-9-5-7-11-35(28)42-36-12-8-6-10-29(36)38)31-20-24(2)14-18-33(31)40(32)26-15-16-27-34(21-26)39(4)22-25(3)37(27)41/h5-22H,1-4H3. The Morgan fingerprint density at radius 3 is 1.81 bits per heavy atom. The topological polar surface area (TPSA) is 34.5 Å². The summed E-state index contributed by atoms with van der Waals surface area (Å²) in [6, 6.07) is 36.7. The maximum atomic E-state index is 13.0. The van der Waals surface area contributed by atoms with Gasteiger partial charge in [-0.05, 0) is 74.4 Å². The summed E-state index contributed by atoms with van der Waals surface area (Å²) >= 11 is 0. The van der Waals surface area contributed by atoms with Crippen LogP contribution in [-0.4, -0.2) is 4.57 Å². The van der Waals surface area contributed by atoms with E-state index in [-0.39, 0.29) is 5.43 Å². The van der Waals surface area contributed by atoms with Crippen molar-refractivity contribution in [3.8, 4) is 11.5 Å². The van der Waals surface area contributed by atoms with Crippen LogP contribution in [-0.2, 0) is 12.5 Å². The predicted molar refractivity (Wildman–Crippen MR) is 170 cm³/mol. The lowest BCUT2D eigenvalue weighted by molar-refractivity contribution is 0.434. The van der Waals surface area contributed by atoms with Gasteiger partial charge >= 0.3 is 0 Å². The van der Waals surface area contributed by atoms with Crippen LogP contribution in [0.3, 0.4) is 0 Å². The van der Waals surface area contributed by atoms with Crippen LogP contribution in [0.5, 0.6) is 11.5 Å². The summed E-state index contributed by atoms with van der Waals surface area (Å²) < 4.78 is 8.60. The zero-order valence-electron chi connectivity index (χ0n) is 24.1. The van der Waals surface area contributed by atoms with Gasteiger partial charge in [0.1, 0.15) is 11.5 Å². The maximum absolute atomic E-state index is 13.0. The van der Waals surface area contributed by atoms with E-state index in [1.165, 1.54) is 22.3 Å². The quantitative estimate of drug-likeness (QED) is 0.206. The first kappa shape index (κ1) is 24.7. The van der Waals surface area contributed by atoms with Crippen LogP contribution in [0.2, 0.25) is 0 Å². The van der Waals surface area contributed by atoms with E-state index in [9.17, 15) is 4.79 Å². The van der Waals surface area contributed by atoms with Crippen molar-refractivity contribution in [3.05, 3.63) is 158 Å². The SMILES string of the molecule is Cc1ccc2c(c1)C1(c3ccccc3Oc3ccccc31)c1cc(C)ccc1N2c1ccc2c(=O)c(C)cn(C)c2c1. The molecular formula is C38H30N2O2. The average molecular weight is 547 g/mol. The Kier molecular flexibility index (Phi) is 5.12. The highest BCUT2D eigenvalue weighted by atomic mass is 16.5. The molecule has 8 rings (SSSR count). The van der Waals surface area contributed by atoms with Gasteiger partial charge < -0.3 is 14.2 Å². The van der Waals surface area contributed by atoms with Gasteiger partial charge in [0.25, 0.3) is 0 Å². The number of anilines is 3. The van der Waals surface area contributed by atoms with Gasteiger partial charge in [0.2, 0.25) is 0 Å². The van der Waals surface area contributed by atoms with E-state index in [1.807, 2.05) is 38.4 Å². The van der Waals surface area contributed by atoms with Gasteiger partial charge in [-0.3, -0.25) is 4.79 Å². The number of benzene rings is 5. The fourth-order valence-corrected chi connectivity index (χ4v) is 7.19. The van der Waals surface area contributed by atoms with Crippen molar-refractivity contribution in [2.24, 2.45) is 7.05 Å². The molecule has 0 unspecified atom stereocenters. The minimum atomic E-state index is -0.578. The number of para-hydroxylation sites is 2. The van der Waals surface area contributed by atoms with E-state index < -0.39 is 5.41 Å². The van der Waals surface area contributed by atoms with E-state index in [2.05, 4.69) is 108 Å². The molecule has 0 fully saturated rings. The summed E-state index contributed by atoms with van der Waals surface area (Å²) in [5.74, 6) is 1.75. The number of hydrogen-bond donors (Lipinski definition) is 0. The highest BCUT2D eigenvalue weighted by Crippen LogP contribution is 2.62. The van der Waals surface area contributed by atoms with Crippen molar-refractivity contribution in [3.63, 3.8) is 0 Å². The fraction of sp³-hybridized carbons (Fsp3) is 0.132. The Morgan fingerprint density at radius 2 is 1.21 bits per heavy atom. The van der Waals surface area contributed by atoms with Crippen molar-refractivity contribution in [1.82, 2.24) is 4.57 Å². The number of fused-ring (bicyclic) bond motifs is 9. The summed E-state index contributed by atoms with van der Waals surface area (Å²) in [4.78, 5) is 15.4. The molecule has 2 aliphatic heterocycles. The number of nitrogens with zero attached hydrogens (tertiary/aromatic N) is 2. The lowest BCUT2D eigenvalue weighted by Crippen LogP contribution is -2.40. The highest BCUT2D eigenvalue weighted by molar-refractivity contribution is 5.94. The first-order valence-electron chi connectivity index (χ1n) is 14.4. The van der Waals surface area contributed by atoms with Crippen molar-refractivity contribution in [2.75, 3.05) is 4.90 Å². The van der Waals surface area contributed by atoms with Crippen LogP contribution in [0, 0.1) is 20.8 Å². The van der Waals surface area contributed by atoms with E-state index in [1.54, 1.807) is 0 Å². The van der Waals surface area contributed by atoms with Crippen molar-refractivity contribution in [1.29, 1.82) is 0 Å². The highest BCUT2D eigenvalue weighted by Gasteiger charge is 2.51. The molecule has 1 spiro atoms. The van der Waals surface area contributed by atoms with Gasteiger partial charge in [0.15, 0.2) is 5.43 Å². The van der Waals surface area contributed by atoms with E-state index >= 15 is 0 Å². The minimum Gasteiger partial charge on any atom is -0.457 e. The smallest absolute Gasteiger partial charge is 0.192 e. The van der Waals surface area contributed by atoms with E-state index in [0.717, 1.165) is 56.2 Å². The number of aryl methyl sites for hydroxylation is 4. The Labute approximate surface area is 245 Å². The Bertz CT molecular complexity index is 2060. The zero-order chi connectivity index (χ0) is 28.7. The van der Waals surface area contributed by atoms with Crippen LogP contribution in [0.25, 0.3) is 10.9 Å². The number of aromatic nitrogens is 1. The van der Waals surface area contributed by atoms with Gasteiger partial charge in [-0.2, -0.15) is 0 Å².